The van der Waals surface area contributed by atoms with Gasteiger partial charge in [0.1, 0.15) is 5.60 Å². The number of hydrogen-bond acceptors (Lipinski definition) is 3. The van der Waals surface area contributed by atoms with Crippen molar-refractivity contribution in [3.05, 3.63) is 23.8 Å². The van der Waals surface area contributed by atoms with Crippen molar-refractivity contribution in [3.63, 3.8) is 0 Å². The second-order valence-corrected chi connectivity index (χ2v) is 4.70. The van der Waals surface area contributed by atoms with Crippen molar-refractivity contribution in [2.24, 2.45) is 0 Å². The molecule has 2 aliphatic rings. The van der Waals surface area contributed by atoms with E-state index < -0.39 is 5.60 Å². The summed E-state index contributed by atoms with van der Waals surface area (Å²) in [6, 6.07) is 0. The number of fused-ring (bicyclic) bond motifs is 1. The molecule has 1 saturated carbocycles. The van der Waals surface area contributed by atoms with Crippen LogP contribution in [-0.4, -0.2) is 33.4 Å². The molecule has 72 valence electrons. The Morgan fingerprint density at radius 1 is 1.62 bits per heavy atom. The van der Waals surface area contributed by atoms with Crippen LogP contribution in [-0.2, 0) is 0 Å². The van der Waals surface area contributed by atoms with Gasteiger partial charge in [0.05, 0.1) is 11.4 Å². The first kappa shape index (κ1) is 9.31. The minimum Gasteiger partial charge on any atom is -0.393 e. The zero-order valence-electron chi connectivity index (χ0n) is 7.60. The monoisotopic (exact) mass is 198 g/mol. The maximum atomic E-state index is 10.3. The first-order valence-corrected chi connectivity index (χ1v) is 5.76. The molecule has 3 atom stereocenters. The molecule has 0 radical (unpaired) electrons. The molecule has 2 rings (SSSR count). The molecule has 2 N–H and O–H groups in total. The highest BCUT2D eigenvalue weighted by atomic mass is 32.2. The van der Waals surface area contributed by atoms with Gasteiger partial charge in [0, 0.05) is 6.42 Å². The van der Waals surface area contributed by atoms with E-state index in [0.717, 1.165) is 5.57 Å². The fraction of sp³-hybridized carbons (Fsp3) is 0.600. The number of aliphatic hydroxyl groups excluding tert-OH is 1. The molecule has 0 spiro atoms. The van der Waals surface area contributed by atoms with Crippen molar-refractivity contribution in [3.8, 4) is 0 Å². The Hall–Kier alpha value is -0.250. The lowest BCUT2D eigenvalue weighted by atomic mass is 9.89. The Labute approximate surface area is 82.3 Å². The maximum Gasteiger partial charge on any atom is 0.104 e. The molecule has 0 aromatic heterocycles. The van der Waals surface area contributed by atoms with E-state index in [1.165, 1.54) is 0 Å². The van der Waals surface area contributed by atoms with Crippen molar-refractivity contribution in [1.29, 1.82) is 0 Å². The summed E-state index contributed by atoms with van der Waals surface area (Å²) in [5.74, 6) is 0. The largest absolute Gasteiger partial charge is 0.393 e. The van der Waals surface area contributed by atoms with Gasteiger partial charge in [0.2, 0.25) is 0 Å². The van der Waals surface area contributed by atoms with Crippen LogP contribution in [0.4, 0.5) is 0 Å². The van der Waals surface area contributed by atoms with Crippen LogP contribution in [0.2, 0.25) is 0 Å². The lowest BCUT2D eigenvalue weighted by molar-refractivity contribution is 0.0628. The molecule has 0 aromatic carbocycles. The van der Waals surface area contributed by atoms with Gasteiger partial charge < -0.3 is 10.2 Å². The van der Waals surface area contributed by atoms with Crippen LogP contribution in [0, 0.1) is 0 Å². The topological polar surface area (TPSA) is 40.5 Å². The molecule has 2 unspecified atom stereocenters. The molecule has 2 aliphatic carbocycles. The molecule has 0 saturated heterocycles. The van der Waals surface area contributed by atoms with Gasteiger partial charge in [0.15, 0.2) is 0 Å². The summed E-state index contributed by atoms with van der Waals surface area (Å²) >= 11 is 1.63. The average molecular weight is 198 g/mol. The van der Waals surface area contributed by atoms with Crippen molar-refractivity contribution < 1.29 is 10.2 Å². The Morgan fingerprint density at radius 3 is 3.08 bits per heavy atom. The number of thioether (sulfide) groups is 1. The highest BCUT2D eigenvalue weighted by Gasteiger charge is 2.46. The number of aliphatic hydroxyl groups is 2. The van der Waals surface area contributed by atoms with Crippen LogP contribution in [0.15, 0.2) is 23.8 Å². The minimum atomic E-state index is -0.784. The van der Waals surface area contributed by atoms with Crippen LogP contribution < -0.4 is 0 Å². The summed E-state index contributed by atoms with van der Waals surface area (Å²) in [7, 11) is 0. The van der Waals surface area contributed by atoms with Gasteiger partial charge in [-0.1, -0.05) is 18.2 Å². The third-order valence-corrected chi connectivity index (χ3v) is 3.92. The SMILES string of the molecule is CSC1C=CC=C2CC(O)C[C@]21O. The third-order valence-electron chi connectivity index (χ3n) is 2.87. The summed E-state index contributed by atoms with van der Waals surface area (Å²) in [5.41, 5.74) is 0.204. The first-order valence-electron chi connectivity index (χ1n) is 4.48. The van der Waals surface area contributed by atoms with Gasteiger partial charge in [0.25, 0.3) is 0 Å². The predicted octanol–water partition coefficient (Wildman–Crippen LogP) is 1.10. The van der Waals surface area contributed by atoms with E-state index in [2.05, 4.69) is 0 Å². The van der Waals surface area contributed by atoms with Crippen LogP contribution >= 0.6 is 11.8 Å². The normalized spacial score (nSPS) is 43.2. The van der Waals surface area contributed by atoms with E-state index >= 15 is 0 Å². The van der Waals surface area contributed by atoms with Gasteiger partial charge in [-0.2, -0.15) is 11.8 Å². The number of allylic oxidation sites excluding steroid dienone is 2. The van der Waals surface area contributed by atoms with Gasteiger partial charge in [-0.3, -0.25) is 0 Å². The molecular weight excluding hydrogens is 184 g/mol. The Kier molecular flexibility index (Phi) is 2.26. The molecule has 0 heterocycles. The van der Waals surface area contributed by atoms with E-state index in [0.29, 0.717) is 12.8 Å². The summed E-state index contributed by atoms with van der Waals surface area (Å²) in [6.07, 6.45) is 8.64. The molecule has 0 aliphatic heterocycles. The molecule has 0 aromatic rings. The third kappa shape index (κ3) is 1.35. The Morgan fingerprint density at radius 2 is 2.38 bits per heavy atom. The zero-order chi connectivity index (χ0) is 9.47. The van der Waals surface area contributed by atoms with E-state index in [1.54, 1.807) is 11.8 Å². The molecule has 0 amide bonds. The van der Waals surface area contributed by atoms with E-state index in [9.17, 15) is 10.2 Å². The van der Waals surface area contributed by atoms with Crippen LogP contribution in [0.1, 0.15) is 12.8 Å². The highest BCUT2D eigenvalue weighted by Crippen LogP contribution is 2.44. The molecule has 0 bridgehead atoms. The minimum absolute atomic E-state index is 0.102. The molecule has 13 heavy (non-hydrogen) atoms. The van der Waals surface area contributed by atoms with Crippen molar-refractivity contribution in [2.45, 2.75) is 29.8 Å². The lowest BCUT2D eigenvalue weighted by Gasteiger charge is -2.32. The average Bonchev–Trinajstić information content (AvgIpc) is 2.38. The molecule has 2 nitrogen and oxygen atoms in total. The van der Waals surface area contributed by atoms with Crippen molar-refractivity contribution in [2.75, 3.05) is 6.26 Å². The quantitative estimate of drug-likeness (QED) is 0.663. The lowest BCUT2D eigenvalue weighted by Crippen LogP contribution is -2.39. The standard InChI is InChI=1S/C10H14O2S/c1-13-9-4-2-3-7-5-8(11)6-10(7,9)12/h2-4,8-9,11-12H,5-6H2,1H3/t8?,9?,10-/m0/s1. The second kappa shape index (κ2) is 3.15. The van der Waals surface area contributed by atoms with Gasteiger partial charge in [-0.25, -0.2) is 0 Å². The van der Waals surface area contributed by atoms with Crippen LogP contribution in [0.3, 0.4) is 0 Å². The van der Waals surface area contributed by atoms with Crippen molar-refractivity contribution >= 4 is 11.8 Å². The first-order chi connectivity index (χ1) is 6.16. The van der Waals surface area contributed by atoms with Gasteiger partial charge in [-0.15, -0.1) is 0 Å². The van der Waals surface area contributed by atoms with Crippen molar-refractivity contribution in [1.82, 2.24) is 0 Å². The molecular formula is C10H14O2S. The van der Waals surface area contributed by atoms with E-state index in [4.69, 9.17) is 0 Å². The number of hydrogen-bond donors (Lipinski definition) is 2. The molecule has 1 fully saturated rings. The summed E-state index contributed by atoms with van der Waals surface area (Å²) in [5, 5.41) is 19.9. The molecule has 3 heteroatoms. The van der Waals surface area contributed by atoms with Crippen LogP contribution in [0.25, 0.3) is 0 Å². The van der Waals surface area contributed by atoms with E-state index in [-0.39, 0.29) is 11.4 Å². The van der Waals surface area contributed by atoms with Crippen LogP contribution in [0.5, 0.6) is 0 Å². The fourth-order valence-electron chi connectivity index (χ4n) is 2.21. The summed E-state index contributed by atoms with van der Waals surface area (Å²) in [6.45, 7) is 0. The predicted molar refractivity (Wildman–Crippen MR) is 54.7 cm³/mol. The number of rotatable bonds is 1. The summed E-state index contributed by atoms with van der Waals surface area (Å²) in [4.78, 5) is 0. The van der Waals surface area contributed by atoms with Gasteiger partial charge >= 0.3 is 0 Å². The highest BCUT2D eigenvalue weighted by molar-refractivity contribution is 7.99. The van der Waals surface area contributed by atoms with E-state index in [1.807, 2.05) is 24.5 Å². The second-order valence-electron chi connectivity index (χ2n) is 3.72. The fourth-order valence-corrected chi connectivity index (χ4v) is 3.10. The Balaban J connectivity index is 2.32. The maximum absolute atomic E-state index is 10.3. The Bertz CT molecular complexity index is 272. The van der Waals surface area contributed by atoms with Gasteiger partial charge in [-0.05, 0) is 18.2 Å². The summed E-state index contributed by atoms with van der Waals surface area (Å²) < 4.78 is 0. The zero-order valence-corrected chi connectivity index (χ0v) is 8.42. The smallest absolute Gasteiger partial charge is 0.104 e.